The number of nitrogens with zero attached hydrogens (tertiary/aromatic N) is 3. The summed E-state index contributed by atoms with van der Waals surface area (Å²) < 4.78 is 63.8. The molecule has 0 amide bonds. The third-order valence-electron chi connectivity index (χ3n) is 7.58. The minimum absolute atomic E-state index is 0.00755. The highest BCUT2D eigenvalue weighted by Crippen LogP contribution is 2.53. The summed E-state index contributed by atoms with van der Waals surface area (Å²) in [5.41, 5.74) is -3.10. The van der Waals surface area contributed by atoms with Gasteiger partial charge in [-0.25, -0.2) is 9.46 Å². The van der Waals surface area contributed by atoms with Crippen molar-refractivity contribution < 1.29 is 51.2 Å². The third kappa shape index (κ3) is 12.8. The Morgan fingerprint density at radius 2 is 1.58 bits per heavy atom. The molecule has 3 heterocycles. The van der Waals surface area contributed by atoms with Gasteiger partial charge in [-0.3, -0.25) is 42.5 Å². The highest BCUT2D eigenvalue weighted by atomic mass is 31.2. The van der Waals surface area contributed by atoms with Crippen molar-refractivity contribution in [2.75, 3.05) is 27.3 Å². The SMILES string of the molecule is COC1C(OP(OCCC2C=N2)N(C(C)C)C(C)C)[C@@H](/C=C/P(=O)(OCOC(=O)C(C)(C)C)OCOC(=O)C(C)(C)C)O[C@H]1n1ccc(=O)[nH]c1=O. The van der Waals surface area contributed by atoms with Crippen molar-refractivity contribution in [3.8, 4) is 0 Å². The van der Waals surface area contributed by atoms with E-state index in [-0.39, 0.29) is 18.1 Å². The lowest BCUT2D eigenvalue weighted by Gasteiger charge is -2.38. The summed E-state index contributed by atoms with van der Waals surface area (Å²) in [5.74, 6) is -0.160. The van der Waals surface area contributed by atoms with Crippen LogP contribution in [0, 0.1) is 10.8 Å². The molecule has 0 aromatic carbocycles. The molecule has 0 bridgehead atoms. The average Bonchev–Trinajstić information content (AvgIpc) is 3.79. The van der Waals surface area contributed by atoms with Gasteiger partial charge in [0.15, 0.2) is 6.23 Å². The number of aliphatic imine (C=N–C) groups is 1. The van der Waals surface area contributed by atoms with E-state index in [2.05, 4.69) is 14.6 Å². The molecule has 0 aliphatic carbocycles. The molecule has 1 fully saturated rings. The van der Waals surface area contributed by atoms with Crippen molar-refractivity contribution in [2.45, 2.75) is 118 Å². The van der Waals surface area contributed by atoms with Crippen molar-refractivity contribution in [3.63, 3.8) is 0 Å². The lowest BCUT2D eigenvalue weighted by atomic mass is 9.98. The van der Waals surface area contributed by atoms with Crippen LogP contribution in [-0.4, -0.2) is 96.1 Å². The molecule has 1 aromatic heterocycles. The maximum Gasteiger partial charge on any atom is 0.359 e. The predicted octanol–water partition coefficient (Wildman–Crippen LogP) is 4.87. The first-order valence-electron chi connectivity index (χ1n) is 17.0. The van der Waals surface area contributed by atoms with Crippen LogP contribution < -0.4 is 11.2 Å². The standard InChI is InChI=1S/C33H54N4O13P2/c1-21(2)37(22(3)4)51(46-16-13-23-18-34-23)50-26-24(49-28(27(26)43-11)36-15-12-25(38)35-31(36)41)14-17-52(42,47-19-44-29(39)32(5,6)7)48-20-45-30(40)33(8,9)10/h12,14-15,17-18,21-24,26-28H,13,16,19-20H2,1-11H3,(H,35,38,41)/b17-14+/t23?,24-,26?,27?,28-,51?/m1/s1. The number of esters is 2. The molecule has 1 N–H and O–H groups in total. The first-order chi connectivity index (χ1) is 24.2. The van der Waals surface area contributed by atoms with Crippen molar-refractivity contribution >= 4 is 34.3 Å². The number of rotatable bonds is 19. The zero-order valence-corrected chi connectivity index (χ0v) is 33.6. The highest BCUT2D eigenvalue weighted by molar-refractivity contribution is 7.57. The van der Waals surface area contributed by atoms with E-state index in [0.717, 1.165) is 10.4 Å². The number of ether oxygens (including phenoxy) is 4. The van der Waals surface area contributed by atoms with E-state index in [1.165, 1.54) is 25.4 Å². The summed E-state index contributed by atoms with van der Waals surface area (Å²) >= 11 is 0. The van der Waals surface area contributed by atoms with Gasteiger partial charge in [0.05, 0.1) is 23.5 Å². The first kappa shape index (κ1) is 43.8. The summed E-state index contributed by atoms with van der Waals surface area (Å²) in [4.78, 5) is 56.0. The van der Waals surface area contributed by atoms with Gasteiger partial charge in [-0.05, 0) is 81.7 Å². The fourth-order valence-electron chi connectivity index (χ4n) is 4.79. The Morgan fingerprint density at radius 3 is 2.04 bits per heavy atom. The second kappa shape index (κ2) is 18.6. The Kier molecular flexibility index (Phi) is 15.7. The number of carbonyl (C=O) groups is 2. The highest BCUT2D eigenvalue weighted by Gasteiger charge is 2.49. The van der Waals surface area contributed by atoms with Gasteiger partial charge in [0.2, 0.25) is 13.6 Å². The third-order valence-corrected chi connectivity index (χ3v) is 11.2. The van der Waals surface area contributed by atoms with E-state index in [9.17, 15) is 23.7 Å². The molecule has 1 saturated heterocycles. The number of hydrogen-bond acceptors (Lipinski definition) is 15. The second-order valence-electron chi connectivity index (χ2n) is 14.8. The van der Waals surface area contributed by atoms with Gasteiger partial charge >= 0.3 is 25.2 Å². The Balaban J connectivity index is 2.01. The molecule has 3 rings (SSSR count). The number of H-pyrrole nitrogens is 1. The van der Waals surface area contributed by atoms with E-state index in [4.69, 9.17) is 37.0 Å². The van der Waals surface area contributed by atoms with Crippen molar-refractivity contribution in [3.05, 3.63) is 45.0 Å². The molecule has 6 atom stereocenters. The topological polar surface area (TPSA) is 196 Å². The zero-order chi connectivity index (χ0) is 39.0. The summed E-state index contributed by atoms with van der Waals surface area (Å²) in [6, 6.07) is 1.27. The molecule has 2 aliphatic rings. The Morgan fingerprint density at radius 1 is 1.02 bits per heavy atom. The number of aromatic nitrogens is 2. The predicted molar refractivity (Wildman–Crippen MR) is 193 cm³/mol. The number of carbonyl (C=O) groups excluding carboxylic acids is 2. The number of hydrogen-bond donors (Lipinski definition) is 1. The molecule has 4 unspecified atom stereocenters. The van der Waals surface area contributed by atoms with Gasteiger partial charge in [-0.15, -0.1) is 0 Å². The lowest BCUT2D eigenvalue weighted by molar-refractivity contribution is -0.161. The summed E-state index contributed by atoms with van der Waals surface area (Å²) in [5, 5.41) is 0. The molecule has 0 saturated carbocycles. The maximum absolute atomic E-state index is 14.1. The van der Waals surface area contributed by atoms with Crippen LogP contribution in [0.5, 0.6) is 0 Å². The van der Waals surface area contributed by atoms with Crippen LogP contribution in [-0.2, 0) is 51.2 Å². The molecule has 17 nitrogen and oxygen atoms in total. The van der Waals surface area contributed by atoms with E-state index in [1.807, 2.05) is 33.9 Å². The molecule has 0 radical (unpaired) electrons. The molecule has 0 spiro atoms. The van der Waals surface area contributed by atoms with Gasteiger partial charge < -0.3 is 28.0 Å². The van der Waals surface area contributed by atoms with E-state index >= 15 is 0 Å². The summed E-state index contributed by atoms with van der Waals surface area (Å²) in [7, 11) is -4.70. The van der Waals surface area contributed by atoms with Crippen LogP contribution in [0.3, 0.4) is 0 Å². The molecule has 1 aromatic rings. The maximum atomic E-state index is 14.1. The molecule has 2 aliphatic heterocycles. The molecule has 52 heavy (non-hydrogen) atoms. The second-order valence-corrected chi connectivity index (χ2v) is 18.1. The van der Waals surface area contributed by atoms with Crippen molar-refractivity contribution in [2.24, 2.45) is 15.8 Å². The van der Waals surface area contributed by atoms with E-state index < -0.39 is 88.3 Å². The lowest BCUT2D eigenvalue weighted by Crippen LogP contribution is -2.41. The number of aromatic amines is 1. The van der Waals surface area contributed by atoms with Gasteiger partial charge in [-0.2, -0.15) is 0 Å². The normalized spacial score (nSPS) is 22.8. The van der Waals surface area contributed by atoms with Crippen LogP contribution in [0.4, 0.5) is 0 Å². The molecule has 19 heteroatoms. The minimum atomic E-state index is -4.34. The monoisotopic (exact) mass is 776 g/mol. The van der Waals surface area contributed by atoms with Gasteiger partial charge in [0, 0.05) is 43.5 Å². The Labute approximate surface area is 305 Å². The zero-order valence-electron chi connectivity index (χ0n) is 31.8. The first-order valence-corrected chi connectivity index (χ1v) is 19.7. The smallest absolute Gasteiger partial charge is 0.359 e. The van der Waals surface area contributed by atoms with E-state index in [0.29, 0.717) is 13.0 Å². The Hall–Kier alpha value is -2.59. The van der Waals surface area contributed by atoms with Gasteiger partial charge in [0.25, 0.3) is 14.1 Å². The van der Waals surface area contributed by atoms with Crippen LogP contribution in [0.15, 0.2) is 38.7 Å². The average molecular weight is 777 g/mol. The van der Waals surface area contributed by atoms with Crippen LogP contribution in [0.2, 0.25) is 0 Å². The quantitative estimate of drug-likeness (QED) is 0.114. The summed E-state index contributed by atoms with van der Waals surface area (Å²) in [6.07, 6.45) is 0.979. The number of methoxy groups -OCH3 is 1. The van der Waals surface area contributed by atoms with Crippen LogP contribution in [0.1, 0.15) is 81.9 Å². The largest absolute Gasteiger partial charge is 0.438 e. The fourth-order valence-corrected chi connectivity index (χ4v) is 7.58. The van der Waals surface area contributed by atoms with Crippen molar-refractivity contribution in [1.29, 1.82) is 0 Å². The van der Waals surface area contributed by atoms with Crippen molar-refractivity contribution in [1.82, 2.24) is 14.2 Å². The van der Waals surface area contributed by atoms with Gasteiger partial charge in [0.1, 0.15) is 18.3 Å². The minimum Gasteiger partial charge on any atom is -0.438 e. The van der Waals surface area contributed by atoms with Crippen LogP contribution >= 0.6 is 16.1 Å². The fraction of sp³-hybridized carbons (Fsp3) is 0.727. The summed E-state index contributed by atoms with van der Waals surface area (Å²) in [6.45, 7) is 16.7. The Bertz CT molecular complexity index is 1530. The van der Waals surface area contributed by atoms with Gasteiger partial charge in [-0.1, -0.05) is 0 Å². The molecule has 294 valence electrons. The van der Waals surface area contributed by atoms with Crippen LogP contribution in [0.25, 0.3) is 0 Å². The van der Waals surface area contributed by atoms with E-state index in [1.54, 1.807) is 41.5 Å². The molecular weight excluding hydrogens is 722 g/mol. The molecular formula is C33H54N4O13P2. The number of nitrogens with one attached hydrogen (secondary N) is 1.